The van der Waals surface area contributed by atoms with Crippen molar-refractivity contribution in [2.75, 3.05) is 10.7 Å². The van der Waals surface area contributed by atoms with Crippen molar-refractivity contribution in [2.45, 2.75) is 36.4 Å². The molecule has 0 bridgehead atoms. The second kappa shape index (κ2) is 10.2. The summed E-state index contributed by atoms with van der Waals surface area (Å²) in [4.78, 5) is 13.5. The number of para-hydroxylation sites is 2. The molecular formula is C26H24FN5O2S. The number of hydrogen-bond acceptors (Lipinski definition) is 6. The Morgan fingerprint density at radius 1 is 1.06 bits per heavy atom. The van der Waals surface area contributed by atoms with Crippen LogP contribution in [0.15, 0.2) is 84.0 Å². The third kappa shape index (κ3) is 5.00. The zero-order chi connectivity index (χ0) is 24.2. The summed E-state index contributed by atoms with van der Waals surface area (Å²) in [7, 11) is 0. The van der Waals surface area contributed by atoms with Crippen molar-refractivity contribution < 1.29 is 13.9 Å². The second-order valence-electron chi connectivity index (χ2n) is 8.03. The van der Waals surface area contributed by atoms with Crippen LogP contribution in [0.25, 0.3) is 0 Å². The fourth-order valence-corrected chi connectivity index (χ4v) is 5.03. The summed E-state index contributed by atoms with van der Waals surface area (Å²) in [6.45, 7) is 2.24. The van der Waals surface area contributed by atoms with Gasteiger partial charge in [-0.2, -0.15) is 0 Å². The molecule has 35 heavy (non-hydrogen) atoms. The van der Waals surface area contributed by atoms with Crippen LogP contribution in [-0.4, -0.2) is 26.0 Å². The van der Waals surface area contributed by atoms with E-state index < -0.39 is 11.3 Å². The normalized spacial score (nSPS) is 16.7. The van der Waals surface area contributed by atoms with Crippen LogP contribution in [0.4, 0.5) is 10.1 Å². The minimum absolute atomic E-state index is 0.172. The third-order valence-corrected chi connectivity index (χ3v) is 6.97. The molecule has 4 aromatic rings. The van der Waals surface area contributed by atoms with Crippen molar-refractivity contribution in [3.8, 4) is 5.75 Å². The molecule has 0 unspecified atom stereocenters. The number of carbonyl (C=O) groups is 1. The first-order valence-electron chi connectivity index (χ1n) is 11.3. The van der Waals surface area contributed by atoms with Gasteiger partial charge in [0.15, 0.2) is 5.82 Å². The summed E-state index contributed by atoms with van der Waals surface area (Å²) in [5, 5.41) is 11.6. The highest BCUT2D eigenvalue weighted by Gasteiger charge is 2.38. The number of benzene rings is 3. The molecule has 0 aliphatic carbocycles. The lowest BCUT2D eigenvalue weighted by molar-refractivity contribution is -0.116. The molecule has 0 fully saturated rings. The maximum absolute atomic E-state index is 13.6. The van der Waals surface area contributed by atoms with Crippen molar-refractivity contribution in [1.29, 1.82) is 0 Å². The lowest BCUT2D eigenvalue weighted by atomic mass is 10.0. The van der Waals surface area contributed by atoms with E-state index in [-0.39, 0.29) is 18.3 Å². The Kier molecular flexibility index (Phi) is 6.67. The molecule has 0 spiro atoms. The molecule has 7 nitrogen and oxygen atoms in total. The second-order valence-corrected chi connectivity index (χ2v) is 9.14. The van der Waals surface area contributed by atoms with Gasteiger partial charge >= 0.3 is 0 Å². The first-order chi connectivity index (χ1) is 17.1. The number of hydrogen-bond donors (Lipinski definition) is 2. The summed E-state index contributed by atoms with van der Waals surface area (Å²) in [5.74, 6) is 0.778. The highest BCUT2D eigenvalue weighted by Crippen LogP contribution is 2.38. The molecule has 2 heterocycles. The standard InChI is InChI=1S/C26H24FN5O2S/c1-2-17-8-6-7-11-21(17)28-25(33)24-23(18-12-14-19(27)15-13-18)31-32-22(29-30-26(32)35-24)16-34-20-9-4-3-5-10-20/h3-15,23-24,31H,2,16H2,1H3,(H,28,33)/t23-,24-/m0/s1. The average molecular weight is 490 g/mol. The van der Waals surface area contributed by atoms with Crippen LogP contribution in [-0.2, 0) is 17.8 Å². The van der Waals surface area contributed by atoms with Crippen LogP contribution in [0.3, 0.4) is 0 Å². The van der Waals surface area contributed by atoms with Gasteiger partial charge in [0, 0.05) is 5.69 Å². The summed E-state index contributed by atoms with van der Waals surface area (Å²) in [6.07, 6.45) is 0.799. The summed E-state index contributed by atoms with van der Waals surface area (Å²) in [6, 6.07) is 22.9. The lowest BCUT2D eigenvalue weighted by Crippen LogP contribution is -2.41. The van der Waals surface area contributed by atoms with E-state index in [2.05, 4.69) is 20.9 Å². The van der Waals surface area contributed by atoms with E-state index in [0.29, 0.717) is 11.0 Å². The molecule has 2 N–H and O–H groups in total. The van der Waals surface area contributed by atoms with Gasteiger partial charge in [-0.15, -0.1) is 10.2 Å². The number of aromatic nitrogens is 3. The zero-order valence-electron chi connectivity index (χ0n) is 19.0. The van der Waals surface area contributed by atoms with Gasteiger partial charge in [-0.1, -0.05) is 67.2 Å². The number of ether oxygens (including phenoxy) is 1. The van der Waals surface area contributed by atoms with Gasteiger partial charge in [-0.05, 0) is 47.9 Å². The fraction of sp³-hybridized carbons (Fsp3) is 0.192. The summed E-state index contributed by atoms with van der Waals surface area (Å²) < 4.78 is 21.2. The number of fused-ring (bicyclic) bond motifs is 1. The van der Waals surface area contributed by atoms with E-state index in [1.54, 1.807) is 16.8 Å². The topological polar surface area (TPSA) is 81.1 Å². The summed E-state index contributed by atoms with van der Waals surface area (Å²) >= 11 is 1.31. The van der Waals surface area contributed by atoms with Crippen molar-refractivity contribution in [3.63, 3.8) is 0 Å². The molecule has 178 valence electrons. The number of thioether (sulfide) groups is 1. The monoisotopic (exact) mass is 489 g/mol. The highest BCUT2D eigenvalue weighted by atomic mass is 32.2. The smallest absolute Gasteiger partial charge is 0.240 e. The highest BCUT2D eigenvalue weighted by molar-refractivity contribution is 8.00. The molecule has 0 saturated heterocycles. The molecule has 1 amide bonds. The van der Waals surface area contributed by atoms with Gasteiger partial charge in [0.1, 0.15) is 23.4 Å². The molecule has 5 rings (SSSR count). The number of aryl methyl sites for hydroxylation is 1. The first kappa shape index (κ1) is 22.9. The summed E-state index contributed by atoms with van der Waals surface area (Å²) in [5.41, 5.74) is 5.98. The first-order valence-corrected chi connectivity index (χ1v) is 12.2. The number of halogens is 1. The van der Waals surface area contributed by atoms with Crippen LogP contribution in [0.1, 0.15) is 29.9 Å². The SMILES string of the molecule is CCc1ccccc1NC(=O)[C@H]1Sc2nnc(COc3ccccc3)n2N[C@H]1c1ccc(F)cc1. The van der Waals surface area contributed by atoms with E-state index in [1.165, 1.54) is 23.9 Å². The number of nitrogens with zero attached hydrogens (tertiary/aromatic N) is 3. The van der Waals surface area contributed by atoms with Crippen molar-refractivity contribution >= 4 is 23.4 Å². The Balaban J connectivity index is 1.43. The maximum atomic E-state index is 13.6. The number of anilines is 1. The minimum atomic E-state index is -0.565. The molecule has 9 heteroatoms. The number of nitrogens with one attached hydrogen (secondary N) is 2. The number of rotatable bonds is 7. The van der Waals surface area contributed by atoms with Crippen LogP contribution in [0.2, 0.25) is 0 Å². The lowest BCUT2D eigenvalue weighted by Gasteiger charge is -2.33. The van der Waals surface area contributed by atoms with E-state index in [0.717, 1.165) is 29.0 Å². The Labute approximate surface area is 206 Å². The molecule has 2 atom stereocenters. The van der Waals surface area contributed by atoms with E-state index in [9.17, 15) is 9.18 Å². The Morgan fingerprint density at radius 2 is 1.80 bits per heavy atom. The van der Waals surface area contributed by atoms with Crippen molar-refractivity contribution in [3.05, 3.63) is 102 Å². The van der Waals surface area contributed by atoms with E-state index >= 15 is 0 Å². The Hall–Kier alpha value is -3.85. The van der Waals surface area contributed by atoms with Crippen LogP contribution in [0.5, 0.6) is 5.75 Å². The van der Waals surface area contributed by atoms with Gasteiger partial charge in [0.05, 0.1) is 6.04 Å². The van der Waals surface area contributed by atoms with E-state index in [1.807, 2.05) is 61.5 Å². The van der Waals surface area contributed by atoms with Crippen molar-refractivity contribution in [1.82, 2.24) is 14.9 Å². The quantitative estimate of drug-likeness (QED) is 0.382. The maximum Gasteiger partial charge on any atom is 0.240 e. The predicted molar refractivity (Wildman–Crippen MR) is 133 cm³/mol. The van der Waals surface area contributed by atoms with E-state index in [4.69, 9.17) is 4.74 Å². The fourth-order valence-electron chi connectivity index (χ4n) is 3.93. The van der Waals surface area contributed by atoms with Crippen LogP contribution in [0, 0.1) is 5.82 Å². The van der Waals surface area contributed by atoms with Gasteiger partial charge < -0.3 is 15.5 Å². The predicted octanol–water partition coefficient (Wildman–Crippen LogP) is 4.96. The number of amides is 1. The Morgan fingerprint density at radius 3 is 2.57 bits per heavy atom. The minimum Gasteiger partial charge on any atom is -0.486 e. The molecule has 1 aromatic heterocycles. The van der Waals surface area contributed by atoms with Gasteiger partial charge in [0.25, 0.3) is 0 Å². The largest absolute Gasteiger partial charge is 0.486 e. The molecule has 1 aliphatic heterocycles. The zero-order valence-corrected chi connectivity index (χ0v) is 19.8. The van der Waals surface area contributed by atoms with Crippen LogP contribution < -0.4 is 15.5 Å². The molecule has 0 saturated carbocycles. The number of carbonyl (C=O) groups excluding carboxylic acids is 1. The molecule has 3 aromatic carbocycles. The van der Waals surface area contributed by atoms with Gasteiger partial charge in [-0.25, -0.2) is 9.07 Å². The average Bonchev–Trinajstić information content (AvgIpc) is 3.30. The van der Waals surface area contributed by atoms with Gasteiger partial charge in [-0.3, -0.25) is 4.79 Å². The van der Waals surface area contributed by atoms with Gasteiger partial charge in [0.2, 0.25) is 11.1 Å². The molecule has 1 aliphatic rings. The third-order valence-electron chi connectivity index (χ3n) is 5.76. The Bertz CT molecular complexity index is 1310. The van der Waals surface area contributed by atoms with Crippen molar-refractivity contribution in [2.24, 2.45) is 0 Å². The molecular weight excluding hydrogens is 465 g/mol. The van der Waals surface area contributed by atoms with Crippen LogP contribution >= 0.6 is 11.8 Å². The molecule has 0 radical (unpaired) electrons.